The molecule has 0 aromatic heterocycles. The molecule has 0 bridgehead atoms. The predicted molar refractivity (Wildman–Crippen MR) is 104 cm³/mol. The summed E-state index contributed by atoms with van der Waals surface area (Å²) < 4.78 is 5.25. The quantitative estimate of drug-likeness (QED) is 0.239. The highest BCUT2D eigenvalue weighted by molar-refractivity contribution is 14.0. The molecule has 0 spiro atoms. The van der Waals surface area contributed by atoms with Crippen molar-refractivity contribution in [3.63, 3.8) is 0 Å². The van der Waals surface area contributed by atoms with Crippen LogP contribution >= 0.6 is 24.0 Å². The van der Waals surface area contributed by atoms with Crippen LogP contribution in [0.3, 0.4) is 0 Å². The number of amides is 1. The maximum Gasteiger partial charge on any atom is 0.242 e. The molecule has 23 heavy (non-hydrogen) atoms. The van der Waals surface area contributed by atoms with Crippen molar-refractivity contribution < 1.29 is 9.53 Å². The van der Waals surface area contributed by atoms with Crippen molar-refractivity contribution in [2.75, 3.05) is 32.8 Å². The molecule has 0 fully saturated rings. The molecular formula is C16H27IN4O2. The zero-order chi connectivity index (χ0) is 16.0. The van der Waals surface area contributed by atoms with Crippen LogP contribution in [-0.2, 0) is 16.1 Å². The van der Waals surface area contributed by atoms with E-state index in [0.29, 0.717) is 32.3 Å². The molecule has 1 amide bonds. The van der Waals surface area contributed by atoms with Crippen molar-refractivity contribution in [3.8, 4) is 0 Å². The van der Waals surface area contributed by atoms with Gasteiger partial charge in [0.05, 0.1) is 6.61 Å². The zero-order valence-electron chi connectivity index (χ0n) is 13.8. The highest BCUT2D eigenvalue weighted by atomic mass is 127. The van der Waals surface area contributed by atoms with Crippen molar-refractivity contribution in [3.05, 3.63) is 35.9 Å². The molecule has 0 unspecified atom stereocenters. The summed E-state index contributed by atoms with van der Waals surface area (Å²) in [6.45, 7) is 7.25. The lowest BCUT2D eigenvalue weighted by molar-refractivity contribution is -0.119. The second kappa shape index (κ2) is 14.3. The van der Waals surface area contributed by atoms with Crippen LogP contribution in [0.2, 0.25) is 0 Å². The van der Waals surface area contributed by atoms with Gasteiger partial charge in [-0.3, -0.25) is 4.79 Å². The fourth-order valence-corrected chi connectivity index (χ4v) is 1.73. The third kappa shape index (κ3) is 10.9. The molecule has 1 aromatic rings. The molecule has 6 nitrogen and oxygen atoms in total. The van der Waals surface area contributed by atoms with Gasteiger partial charge in [-0.15, -0.1) is 24.0 Å². The van der Waals surface area contributed by atoms with E-state index < -0.39 is 0 Å². The van der Waals surface area contributed by atoms with Gasteiger partial charge in [-0.05, 0) is 19.4 Å². The lowest BCUT2D eigenvalue weighted by Crippen LogP contribution is -2.40. The molecule has 0 aliphatic rings. The summed E-state index contributed by atoms with van der Waals surface area (Å²) in [6, 6.07) is 9.80. The number of carbonyl (C=O) groups excluding carboxylic acids is 1. The predicted octanol–water partition coefficient (Wildman–Crippen LogP) is 1.51. The first-order valence-corrected chi connectivity index (χ1v) is 7.66. The van der Waals surface area contributed by atoms with Crippen LogP contribution in [0, 0.1) is 0 Å². The molecule has 0 radical (unpaired) electrons. The van der Waals surface area contributed by atoms with E-state index in [4.69, 9.17) is 4.74 Å². The number of nitrogens with one attached hydrogen (secondary N) is 3. The van der Waals surface area contributed by atoms with E-state index >= 15 is 0 Å². The Kier molecular flexibility index (Phi) is 13.4. The van der Waals surface area contributed by atoms with Gasteiger partial charge in [-0.25, -0.2) is 4.99 Å². The van der Waals surface area contributed by atoms with Crippen LogP contribution in [0.25, 0.3) is 0 Å². The second-order valence-corrected chi connectivity index (χ2v) is 4.58. The number of hydrogen-bond acceptors (Lipinski definition) is 3. The Hall–Kier alpha value is -1.35. The van der Waals surface area contributed by atoms with Crippen LogP contribution < -0.4 is 16.0 Å². The summed E-state index contributed by atoms with van der Waals surface area (Å²) in [6.07, 6.45) is 0. The van der Waals surface area contributed by atoms with Gasteiger partial charge in [0.1, 0.15) is 6.54 Å². The highest BCUT2D eigenvalue weighted by Gasteiger charge is 2.02. The van der Waals surface area contributed by atoms with E-state index in [0.717, 1.165) is 12.1 Å². The lowest BCUT2D eigenvalue weighted by Gasteiger charge is -2.11. The number of guanidine groups is 1. The third-order valence-electron chi connectivity index (χ3n) is 2.80. The van der Waals surface area contributed by atoms with Crippen LogP contribution in [0.15, 0.2) is 35.3 Å². The van der Waals surface area contributed by atoms with Gasteiger partial charge in [-0.2, -0.15) is 0 Å². The van der Waals surface area contributed by atoms with Gasteiger partial charge in [0, 0.05) is 26.2 Å². The van der Waals surface area contributed by atoms with Gasteiger partial charge in [0.15, 0.2) is 5.96 Å². The minimum atomic E-state index is -0.106. The first-order valence-electron chi connectivity index (χ1n) is 7.66. The molecule has 0 aliphatic carbocycles. The summed E-state index contributed by atoms with van der Waals surface area (Å²) in [5, 5.41) is 9.06. The van der Waals surface area contributed by atoms with E-state index in [-0.39, 0.29) is 36.4 Å². The summed E-state index contributed by atoms with van der Waals surface area (Å²) in [7, 11) is 0. The van der Waals surface area contributed by atoms with E-state index in [2.05, 4.69) is 20.9 Å². The molecule has 0 saturated carbocycles. The van der Waals surface area contributed by atoms with E-state index in [9.17, 15) is 4.79 Å². The standard InChI is InChI=1S/C16H26N4O2.HI/c1-3-17-16(18-10-11-22-4-2)20-13-15(21)19-12-14-8-6-5-7-9-14;/h5-9H,3-4,10-13H2,1-2H3,(H,19,21)(H2,17,18,20);1H. The van der Waals surface area contributed by atoms with Crippen LogP contribution in [-0.4, -0.2) is 44.7 Å². The Balaban J connectivity index is 0.00000484. The molecule has 0 heterocycles. The van der Waals surface area contributed by atoms with Crippen molar-refractivity contribution in [1.82, 2.24) is 16.0 Å². The molecular weight excluding hydrogens is 407 g/mol. The largest absolute Gasteiger partial charge is 0.380 e. The molecule has 7 heteroatoms. The van der Waals surface area contributed by atoms with Crippen molar-refractivity contribution in [1.29, 1.82) is 0 Å². The molecule has 3 N–H and O–H groups in total. The number of carbonyl (C=O) groups is 1. The lowest BCUT2D eigenvalue weighted by atomic mass is 10.2. The number of benzene rings is 1. The SMILES string of the molecule is CCNC(=NCC(=O)NCc1ccccc1)NCCOCC.I. The second-order valence-electron chi connectivity index (χ2n) is 4.58. The summed E-state index contributed by atoms with van der Waals surface area (Å²) in [4.78, 5) is 16.1. The fraction of sp³-hybridized carbons (Fsp3) is 0.500. The molecule has 1 rings (SSSR count). The normalized spacial score (nSPS) is 10.6. The van der Waals surface area contributed by atoms with Crippen LogP contribution in [0.5, 0.6) is 0 Å². The molecule has 0 saturated heterocycles. The summed E-state index contributed by atoms with van der Waals surface area (Å²) in [5.41, 5.74) is 1.07. The average Bonchev–Trinajstić information content (AvgIpc) is 2.55. The number of nitrogens with zero attached hydrogens (tertiary/aromatic N) is 1. The Morgan fingerprint density at radius 2 is 1.87 bits per heavy atom. The summed E-state index contributed by atoms with van der Waals surface area (Å²) in [5.74, 6) is 0.517. The average molecular weight is 434 g/mol. The van der Waals surface area contributed by atoms with Gasteiger partial charge < -0.3 is 20.7 Å². The number of aliphatic imine (C=N–C) groups is 1. The Morgan fingerprint density at radius 1 is 1.13 bits per heavy atom. The monoisotopic (exact) mass is 434 g/mol. The Bertz CT molecular complexity index is 455. The van der Waals surface area contributed by atoms with Gasteiger partial charge in [0.25, 0.3) is 0 Å². The minimum Gasteiger partial charge on any atom is -0.380 e. The maximum absolute atomic E-state index is 11.8. The highest BCUT2D eigenvalue weighted by Crippen LogP contribution is 1.96. The maximum atomic E-state index is 11.8. The van der Waals surface area contributed by atoms with Crippen LogP contribution in [0.4, 0.5) is 0 Å². The third-order valence-corrected chi connectivity index (χ3v) is 2.80. The van der Waals surface area contributed by atoms with E-state index in [1.165, 1.54) is 0 Å². The van der Waals surface area contributed by atoms with Crippen molar-refractivity contribution >= 4 is 35.8 Å². The van der Waals surface area contributed by atoms with Crippen LogP contribution in [0.1, 0.15) is 19.4 Å². The first kappa shape index (κ1) is 21.6. The topological polar surface area (TPSA) is 74.8 Å². The van der Waals surface area contributed by atoms with E-state index in [1.807, 2.05) is 44.2 Å². The van der Waals surface area contributed by atoms with Gasteiger partial charge in [-0.1, -0.05) is 30.3 Å². The molecule has 1 aromatic carbocycles. The number of hydrogen-bond donors (Lipinski definition) is 3. The first-order chi connectivity index (χ1) is 10.8. The Morgan fingerprint density at radius 3 is 2.52 bits per heavy atom. The number of halogens is 1. The number of ether oxygens (including phenoxy) is 1. The molecule has 0 atom stereocenters. The Labute approximate surface area is 155 Å². The van der Waals surface area contributed by atoms with Crippen molar-refractivity contribution in [2.24, 2.45) is 4.99 Å². The zero-order valence-corrected chi connectivity index (χ0v) is 16.1. The van der Waals surface area contributed by atoms with E-state index in [1.54, 1.807) is 0 Å². The van der Waals surface area contributed by atoms with Gasteiger partial charge >= 0.3 is 0 Å². The summed E-state index contributed by atoms with van der Waals surface area (Å²) >= 11 is 0. The fourth-order valence-electron chi connectivity index (χ4n) is 1.73. The smallest absolute Gasteiger partial charge is 0.242 e. The van der Waals surface area contributed by atoms with Crippen molar-refractivity contribution in [2.45, 2.75) is 20.4 Å². The molecule has 130 valence electrons. The number of rotatable bonds is 9. The van der Waals surface area contributed by atoms with Gasteiger partial charge in [0.2, 0.25) is 5.91 Å². The molecule has 0 aliphatic heterocycles. The minimum absolute atomic E-state index is 0.